The third-order valence-corrected chi connectivity index (χ3v) is 2.85. The Morgan fingerprint density at radius 2 is 2.05 bits per heavy atom. The number of amides is 1. The number of para-hydroxylation sites is 1. The molecule has 0 aliphatic heterocycles. The first kappa shape index (κ1) is 14.1. The average Bonchev–Trinajstić information content (AvgIpc) is 2.93. The molecule has 0 aliphatic carbocycles. The van der Waals surface area contributed by atoms with E-state index >= 15 is 0 Å². The Balaban J connectivity index is 2.15. The van der Waals surface area contributed by atoms with Gasteiger partial charge in [0.05, 0.1) is 18.1 Å². The molecule has 1 amide bonds. The van der Waals surface area contributed by atoms with Gasteiger partial charge in [-0.05, 0) is 18.1 Å². The first-order valence-electron chi connectivity index (χ1n) is 6.39. The number of rotatable bonds is 5. The Hall–Kier alpha value is -2.34. The number of nitrogens with two attached hydrogens (primary N) is 1. The molecule has 1 heterocycles. The Kier molecular flexibility index (Phi) is 4.37. The van der Waals surface area contributed by atoms with Crippen LogP contribution in [0.1, 0.15) is 13.8 Å². The molecule has 0 saturated heterocycles. The van der Waals surface area contributed by atoms with E-state index in [1.165, 1.54) is 0 Å². The summed E-state index contributed by atoms with van der Waals surface area (Å²) in [5.41, 5.74) is 3.04. The van der Waals surface area contributed by atoms with Gasteiger partial charge in [0.1, 0.15) is 0 Å². The Bertz CT molecular complexity index is 566. The van der Waals surface area contributed by atoms with Crippen LogP contribution in [-0.4, -0.2) is 21.8 Å². The van der Waals surface area contributed by atoms with Crippen LogP contribution in [0, 0.1) is 5.92 Å². The third-order valence-electron chi connectivity index (χ3n) is 2.85. The summed E-state index contributed by atoms with van der Waals surface area (Å²) in [5, 5.41) is 4.21. The Labute approximate surface area is 117 Å². The summed E-state index contributed by atoms with van der Waals surface area (Å²) in [7, 11) is 0. The van der Waals surface area contributed by atoms with Crippen molar-refractivity contribution >= 4 is 5.91 Å². The normalized spacial score (nSPS) is 12.2. The maximum Gasteiger partial charge on any atom is 0.275 e. The van der Waals surface area contributed by atoms with Crippen LogP contribution < -0.4 is 16.0 Å². The molecule has 2 aromatic rings. The fourth-order valence-corrected chi connectivity index (χ4v) is 1.81. The van der Waals surface area contributed by atoms with Crippen molar-refractivity contribution in [3.63, 3.8) is 0 Å². The van der Waals surface area contributed by atoms with Crippen LogP contribution in [0.2, 0.25) is 0 Å². The number of hydrogen-bond acceptors (Lipinski definition) is 4. The number of hydrazine groups is 1. The molecule has 20 heavy (non-hydrogen) atoms. The van der Waals surface area contributed by atoms with E-state index in [0.717, 1.165) is 5.69 Å². The monoisotopic (exact) mass is 274 g/mol. The molecule has 0 spiro atoms. The van der Waals surface area contributed by atoms with Crippen molar-refractivity contribution in [2.75, 3.05) is 0 Å². The molecule has 1 atom stereocenters. The number of benzene rings is 1. The second kappa shape index (κ2) is 6.21. The Morgan fingerprint density at radius 1 is 1.35 bits per heavy atom. The Morgan fingerprint density at radius 3 is 2.65 bits per heavy atom. The van der Waals surface area contributed by atoms with Gasteiger partial charge in [0.25, 0.3) is 5.91 Å². The highest BCUT2D eigenvalue weighted by atomic mass is 16.5. The summed E-state index contributed by atoms with van der Waals surface area (Å²) < 4.78 is 7.34. The van der Waals surface area contributed by atoms with Gasteiger partial charge in [-0.15, -0.1) is 0 Å². The molecule has 106 valence electrons. The van der Waals surface area contributed by atoms with E-state index in [1.807, 2.05) is 44.2 Å². The number of nitrogens with one attached hydrogen (secondary N) is 1. The van der Waals surface area contributed by atoms with Gasteiger partial charge in [-0.2, -0.15) is 5.10 Å². The zero-order chi connectivity index (χ0) is 14.5. The standard InChI is InChI=1S/C14H18N4O2/c1-10(2)13(14(19)17-15)20-12-8-16-18(9-12)11-6-4-3-5-7-11/h3-10,13H,15H2,1-2H3,(H,17,19). The molecule has 0 saturated carbocycles. The molecule has 3 N–H and O–H groups in total. The van der Waals surface area contributed by atoms with Gasteiger partial charge >= 0.3 is 0 Å². The zero-order valence-electron chi connectivity index (χ0n) is 11.5. The fraction of sp³-hybridized carbons (Fsp3) is 0.286. The van der Waals surface area contributed by atoms with Crippen molar-refractivity contribution in [2.24, 2.45) is 11.8 Å². The van der Waals surface area contributed by atoms with E-state index in [0.29, 0.717) is 5.75 Å². The largest absolute Gasteiger partial charge is 0.477 e. The first-order valence-corrected chi connectivity index (χ1v) is 6.39. The molecule has 2 rings (SSSR count). The molecule has 6 nitrogen and oxygen atoms in total. The second-order valence-electron chi connectivity index (χ2n) is 4.75. The quantitative estimate of drug-likeness (QED) is 0.488. The van der Waals surface area contributed by atoms with Gasteiger partial charge < -0.3 is 4.74 Å². The van der Waals surface area contributed by atoms with Gasteiger partial charge in [-0.3, -0.25) is 10.2 Å². The minimum absolute atomic E-state index is 0.00127. The predicted octanol–water partition coefficient (Wildman–Crippen LogP) is 1.27. The summed E-state index contributed by atoms with van der Waals surface area (Å²) in [6.07, 6.45) is 2.66. The lowest BCUT2D eigenvalue weighted by atomic mass is 10.1. The van der Waals surface area contributed by atoms with Crippen molar-refractivity contribution in [2.45, 2.75) is 20.0 Å². The molecule has 0 radical (unpaired) electrons. The van der Waals surface area contributed by atoms with Gasteiger partial charge in [0.15, 0.2) is 11.9 Å². The summed E-state index contributed by atoms with van der Waals surface area (Å²) >= 11 is 0. The number of carbonyl (C=O) groups excluding carboxylic acids is 1. The molecule has 1 aromatic carbocycles. The van der Waals surface area contributed by atoms with E-state index < -0.39 is 6.10 Å². The van der Waals surface area contributed by atoms with Gasteiger partial charge in [-0.1, -0.05) is 32.0 Å². The van der Waals surface area contributed by atoms with Crippen LogP contribution in [0.15, 0.2) is 42.7 Å². The van der Waals surface area contributed by atoms with E-state index in [1.54, 1.807) is 17.1 Å². The predicted molar refractivity (Wildman–Crippen MR) is 75.1 cm³/mol. The van der Waals surface area contributed by atoms with E-state index in [2.05, 4.69) is 10.5 Å². The SMILES string of the molecule is CC(C)C(Oc1cnn(-c2ccccc2)c1)C(=O)NN. The number of nitrogens with zero attached hydrogens (tertiary/aromatic N) is 2. The van der Waals surface area contributed by atoms with Gasteiger partial charge in [-0.25, -0.2) is 10.5 Å². The van der Waals surface area contributed by atoms with Crippen LogP contribution >= 0.6 is 0 Å². The van der Waals surface area contributed by atoms with Crippen LogP contribution in [0.25, 0.3) is 5.69 Å². The van der Waals surface area contributed by atoms with Crippen LogP contribution in [0.5, 0.6) is 5.75 Å². The highest BCUT2D eigenvalue weighted by Gasteiger charge is 2.24. The molecule has 0 aliphatic rings. The van der Waals surface area contributed by atoms with E-state index in [-0.39, 0.29) is 11.8 Å². The maximum atomic E-state index is 11.6. The van der Waals surface area contributed by atoms with Crippen molar-refractivity contribution < 1.29 is 9.53 Å². The van der Waals surface area contributed by atoms with Crippen molar-refractivity contribution in [3.8, 4) is 11.4 Å². The molecule has 0 bridgehead atoms. The minimum atomic E-state index is -0.645. The second-order valence-corrected chi connectivity index (χ2v) is 4.75. The van der Waals surface area contributed by atoms with Gasteiger partial charge in [0, 0.05) is 0 Å². The molecular weight excluding hydrogens is 256 g/mol. The van der Waals surface area contributed by atoms with E-state index in [4.69, 9.17) is 10.6 Å². The molecule has 6 heteroatoms. The lowest BCUT2D eigenvalue weighted by Crippen LogP contribution is -2.44. The minimum Gasteiger partial charge on any atom is -0.477 e. The van der Waals surface area contributed by atoms with Crippen molar-refractivity contribution in [3.05, 3.63) is 42.7 Å². The summed E-state index contributed by atoms with van der Waals surface area (Å²) in [6, 6.07) is 9.66. The highest BCUT2D eigenvalue weighted by molar-refractivity contribution is 5.80. The van der Waals surface area contributed by atoms with E-state index in [9.17, 15) is 4.79 Å². The zero-order valence-corrected chi connectivity index (χ0v) is 11.5. The molecule has 0 fully saturated rings. The highest BCUT2D eigenvalue weighted by Crippen LogP contribution is 2.17. The first-order chi connectivity index (χ1) is 9.61. The average molecular weight is 274 g/mol. The summed E-state index contributed by atoms with van der Waals surface area (Å²) in [4.78, 5) is 11.6. The lowest BCUT2D eigenvalue weighted by molar-refractivity contribution is -0.129. The number of ether oxygens (including phenoxy) is 1. The molecule has 1 unspecified atom stereocenters. The smallest absolute Gasteiger partial charge is 0.275 e. The topological polar surface area (TPSA) is 82.2 Å². The number of carbonyl (C=O) groups is 1. The van der Waals surface area contributed by atoms with Crippen molar-refractivity contribution in [1.82, 2.24) is 15.2 Å². The third kappa shape index (κ3) is 3.16. The molecular formula is C14H18N4O2. The molecule has 1 aromatic heterocycles. The number of aromatic nitrogens is 2. The maximum absolute atomic E-state index is 11.6. The van der Waals surface area contributed by atoms with Crippen molar-refractivity contribution in [1.29, 1.82) is 0 Å². The number of hydrogen-bond donors (Lipinski definition) is 2. The van der Waals surface area contributed by atoms with Gasteiger partial charge in [0.2, 0.25) is 0 Å². The van der Waals surface area contributed by atoms with Crippen LogP contribution in [0.4, 0.5) is 0 Å². The van der Waals surface area contributed by atoms with Crippen LogP contribution in [-0.2, 0) is 4.79 Å². The lowest BCUT2D eigenvalue weighted by Gasteiger charge is -2.19. The van der Waals surface area contributed by atoms with Crippen LogP contribution in [0.3, 0.4) is 0 Å². The fourth-order valence-electron chi connectivity index (χ4n) is 1.81. The summed E-state index contributed by atoms with van der Waals surface area (Å²) in [5.74, 6) is 5.33. The summed E-state index contributed by atoms with van der Waals surface area (Å²) in [6.45, 7) is 3.78.